The molecule has 0 spiro atoms. The molecule has 1 aromatic heterocycles. The summed E-state index contributed by atoms with van der Waals surface area (Å²) in [5.41, 5.74) is 3.32. The third-order valence-corrected chi connectivity index (χ3v) is 6.90. The maximum Gasteiger partial charge on any atom is 0.131 e. The summed E-state index contributed by atoms with van der Waals surface area (Å²) in [6.45, 7) is 12.7. The van der Waals surface area contributed by atoms with E-state index in [4.69, 9.17) is 11.6 Å². The molecule has 0 radical (unpaired) electrons. The number of nitrogens with zero attached hydrogens (tertiary/aromatic N) is 2. The summed E-state index contributed by atoms with van der Waals surface area (Å²) in [5, 5.41) is 23.9. The van der Waals surface area contributed by atoms with Crippen molar-refractivity contribution in [3.8, 4) is 17.0 Å². The van der Waals surface area contributed by atoms with Crippen LogP contribution in [0, 0.1) is 0 Å². The first-order valence-corrected chi connectivity index (χ1v) is 12.2. The van der Waals surface area contributed by atoms with E-state index >= 15 is 0 Å². The number of aromatic hydroxyl groups is 1. The van der Waals surface area contributed by atoms with Crippen LogP contribution in [0.5, 0.6) is 5.75 Å². The Morgan fingerprint density at radius 2 is 1.30 bits per heavy atom. The van der Waals surface area contributed by atoms with Crippen LogP contribution in [-0.4, -0.2) is 15.3 Å². The van der Waals surface area contributed by atoms with Crippen LogP contribution in [0.2, 0.25) is 5.02 Å². The normalized spacial score (nSPS) is 12.3. The minimum absolute atomic E-state index is 0.188. The molecule has 0 bridgehead atoms. The van der Waals surface area contributed by atoms with Crippen LogP contribution in [0.1, 0.15) is 52.7 Å². The molecule has 0 aliphatic heterocycles. The van der Waals surface area contributed by atoms with E-state index in [1.165, 1.54) is 0 Å². The topological polar surface area (TPSA) is 46.0 Å². The lowest BCUT2D eigenvalue weighted by Crippen LogP contribution is -2.17. The number of hydrogen-bond donors (Lipinski definition) is 1. The first-order valence-electron chi connectivity index (χ1n) is 11.0. The lowest BCUT2D eigenvalue weighted by Gasteiger charge is -2.28. The van der Waals surface area contributed by atoms with Crippen molar-refractivity contribution < 1.29 is 5.11 Å². The molecule has 0 atom stereocenters. The second-order valence-electron chi connectivity index (χ2n) is 10.4. The zero-order chi connectivity index (χ0) is 24.0. The number of halogens is 1. The highest BCUT2D eigenvalue weighted by atomic mass is 35.5. The summed E-state index contributed by atoms with van der Waals surface area (Å²) in [6, 6.07) is 20.1. The zero-order valence-corrected chi connectivity index (χ0v) is 21.5. The van der Waals surface area contributed by atoms with E-state index in [1.807, 2.05) is 36.4 Å². The fourth-order valence-corrected chi connectivity index (χ4v) is 4.97. The van der Waals surface area contributed by atoms with Gasteiger partial charge in [0, 0.05) is 37.4 Å². The predicted molar refractivity (Wildman–Crippen MR) is 140 cm³/mol. The van der Waals surface area contributed by atoms with Crippen molar-refractivity contribution in [3.63, 3.8) is 0 Å². The number of rotatable bonds is 3. The largest absolute Gasteiger partial charge is 0.507 e. The van der Waals surface area contributed by atoms with Gasteiger partial charge in [0.1, 0.15) is 16.5 Å². The number of aromatic nitrogens is 2. The lowest BCUT2D eigenvalue weighted by molar-refractivity contribution is 0.422. The molecule has 4 aromatic rings. The first kappa shape index (κ1) is 23.6. The van der Waals surface area contributed by atoms with E-state index in [9.17, 15) is 5.11 Å². The maximum atomic E-state index is 11.1. The SMILES string of the molecule is CC(C)(C)c1cc(Sc2nnc(-c3ccc(Cl)cc3)c3ccccc23)cc(C(C)(C)C)c1O. The predicted octanol–water partition coefficient (Wildman–Crippen LogP) is 8.40. The molecule has 0 aliphatic carbocycles. The molecule has 4 rings (SSSR count). The minimum Gasteiger partial charge on any atom is -0.507 e. The molecule has 0 aliphatic rings. The molecule has 0 saturated heterocycles. The van der Waals surface area contributed by atoms with Crippen LogP contribution in [0.3, 0.4) is 0 Å². The van der Waals surface area contributed by atoms with Gasteiger partial charge in [0.2, 0.25) is 0 Å². The van der Waals surface area contributed by atoms with E-state index in [-0.39, 0.29) is 10.8 Å². The average molecular weight is 477 g/mol. The van der Waals surface area contributed by atoms with Gasteiger partial charge in [-0.2, -0.15) is 0 Å². The van der Waals surface area contributed by atoms with Crippen LogP contribution in [0.25, 0.3) is 22.0 Å². The summed E-state index contributed by atoms with van der Waals surface area (Å²) >= 11 is 7.66. The summed E-state index contributed by atoms with van der Waals surface area (Å²) in [5.74, 6) is 0.383. The molecule has 0 fully saturated rings. The molecular formula is C28H29ClN2OS. The van der Waals surface area contributed by atoms with Gasteiger partial charge in [-0.1, -0.05) is 101 Å². The van der Waals surface area contributed by atoms with Crippen molar-refractivity contribution >= 4 is 34.1 Å². The van der Waals surface area contributed by atoms with E-state index in [0.29, 0.717) is 10.8 Å². The zero-order valence-electron chi connectivity index (χ0n) is 19.9. The van der Waals surface area contributed by atoms with Gasteiger partial charge in [-0.25, -0.2) is 0 Å². The Bertz CT molecular complexity index is 1280. The third-order valence-electron chi connectivity index (χ3n) is 5.69. The summed E-state index contributed by atoms with van der Waals surface area (Å²) < 4.78 is 0. The van der Waals surface area contributed by atoms with E-state index in [1.54, 1.807) is 11.8 Å². The Hall–Kier alpha value is -2.56. The van der Waals surface area contributed by atoms with Crippen LogP contribution >= 0.6 is 23.4 Å². The fraction of sp³-hybridized carbons (Fsp3) is 0.286. The second-order valence-corrected chi connectivity index (χ2v) is 11.9. The van der Waals surface area contributed by atoms with Crippen molar-refractivity contribution in [2.75, 3.05) is 0 Å². The number of phenols is 1. The van der Waals surface area contributed by atoms with E-state index in [0.717, 1.165) is 43.1 Å². The fourth-order valence-electron chi connectivity index (χ4n) is 3.90. The number of fused-ring (bicyclic) bond motifs is 1. The molecule has 0 amide bonds. The standard InChI is InChI=1S/C28H29ClN2OS/c1-27(2,3)22-15-19(16-23(25(22)32)28(4,5)6)33-26-21-10-8-7-9-20(21)24(30-31-26)17-11-13-18(29)14-12-17/h7-16,32H,1-6H3. The lowest BCUT2D eigenvalue weighted by atomic mass is 9.79. The van der Waals surface area contributed by atoms with Crippen LogP contribution in [0.4, 0.5) is 0 Å². The summed E-state index contributed by atoms with van der Waals surface area (Å²) in [4.78, 5) is 1.04. The van der Waals surface area contributed by atoms with Gasteiger partial charge in [-0.05, 0) is 35.1 Å². The Morgan fingerprint density at radius 1 is 0.758 bits per heavy atom. The van der Waals surface area contributed by atoms with Crippen molar-refractivity contribution in [2.45, 2.75) is 62.3 Å². The van der Waals surface area contributed by atoms with Gasteiger partial charge in [0.05, 0.1) is 0 Å². The molecule has 0 unspecified atom stereocenters. The number of hydrogen-bond acceptors (Lipinski definition) is 4. The molecule has 0 saturated carbocycles. The summed E-state index contributed by atoms with van der Waals surface area (Å²) in [7, 11) is 0. The molecular weight excluding hydrogens is 448 g/mol. The van der Waals surface area contributed by atoms with Crippen molar-refractivity contribution in [2.24, 2.45) is 0 Å². The highest BCUT2D eigenvalue weighted by Gasteiger charge is 2.27. The average Bonchev–Trinajstić information content (AvgIpc) is 2.74. The third kappa shape index (κ3) is 4.87. The first-order chi connectivity index (χ1) is 15.4. The van der Waals surface area contributed by atoms with Crippen molar-refractivity contribution in [1.29, 1.82) is 0 Å². The molecule has 5 heteroatoms. The van der Waals surface area contributed by atoms with Crippen LogP contribution in [0.15, 0.2) is 70.6 Å². The van der Waals surface area contributed by atoms with Crippen molar-refractivity contribution in [3.05, 3.63) is 76.8 Å². The van der Waals surface area contributed by atoms with Crippen LogP contribution in [-0.2, 0) is 10.8 Å². The number of phenolic OH excluding ortho intramolecular Hbond substituents is 1. The number of benzene rings is 3. The molecule has 1 heterocycles. The van der Waals surface area contributed by atoms with Gasteiger partial charge in [-0.3, -0.25) is 0 Å². The highest BCUT2D eigenvalue weighted by Crippen LogP contribution is 2.44. The Balaban J connectivity index is 1.85. The van der Waals surface area contributed by atoms with E-state index in [2.05, 4.69) is 76.0 Å². The van der Waals surface area contributed by atoms with Gasteiger partial charge >= 0.3 is 0 Å². The molecule has 1 N–H and O–H groups in total. The highest BCUT2D eigenvalue weighted by molar-refractivity contribution is 7.99. The Labute approximate surface area is 205 Å². The van der Waals surface area contributed by atoms with Gasteiger partial charge < -0.3 is 5.11 Å². The molecule has 3 nitrogen and oxygen atoms in total. The molecule has 3 aromatic carbocycles. The smallest absolute Gasteiger partial charge is 0.131 e. The molecule has 170 valence electrons. The Morgan fingerprint density at radius 3 is 1.85 bits per heavy atom. The Kier molecular flexibility index (Phi) is 6.19. The molecule has 33 heavy (non-hydrogen) atoms. The minimum atomic E-state index is -0.188. The van der Waals surface area contributed by atoms with Crippen molar-refractivity contribution in [1.82, 2.24) is 10.2 Å². The van der Waals surface area contributed by atoms with Gasteiger partial charge in [0.15, 0.2) is 0 Å². The summed E-state index contributed by atoms with van der Waals surface area (Å²) in [6.07, 6.45) is 0. The quantitative estimate of drug-likeness (QED) is 0.322. The van der Waals surface area contributed by atoms with Gasteiger partial charge in [0.25, 0.3) is 0 Å². The maximum absolute atomic E-state index is 11.1. The monoisotopic (exact) mass is 476 g/mol. The van der Waals surface area contributed by atoms with Crippen LogP contribution < -0.4 is 0 Å². The van der Waals surface area contributed by atoms with E-state index < -0.39 is 0 Å². The second kappa shape index (κ2) is 8.66. The van der Waals surface area contributed by atoms with Gasteiger partial charge in [-0.15, -0.1) is 10.2 Å².